The Kier molecular flexibility index (Phi) is 16.9. The van der Waals surface area contributed by atoms with Gasteiger partial charge in [-0.05, 0) is 109 Å². The predicted molar refractivity (Wildman–Crippen MR) is 175 cm³/mol. The molecule has 4 saturated carbocycles. The van der Waals surface area contributed by atoms with Gasteiger partial charge in [0.15, 0.2) is 0 Å². The first-order valence-corrected chi connectivity index (χ1v) is 20.3. The Morgan fingerprint density at radius 1 is 0.880 bits per heavy atom. The maximum absolute atomic E-state index is 11.9. The van der Waals surface area contributed by atoms with Gasteiger partial charge in [0.25, 0.3) is 0 Å². The molecule has 11 nitrogen and oxygen atoms in total. The molecular formula is C35H54Na2O11S2. The van der Waals surface area contributed by atoms with Gasteiger partial charge in [-0.15, -0.1) is 0 Å². The van der Waals surface area contributed by atoms with E-state index in [1.807, 2.05) is 37.3 Å². The van der Waals surface area contributed by atoms with Crippen LogP contribution in [-0.2, 0) is 45.2 Å². The molecule has 0 radical (unpaired) electrons. The SMILES string of the molecule is C[C@@H](CCC[C@@H](C)[C@H]1CC[C@H]2[C@@H]3[C@H](O)C[C@H]4[C@@H](OCOCc5ccccc5)[C@H](OS(=O)(=O)[O-])CC[C@]4(C)[C@H]3CC[C@]12C)COS(=O)(=O)[O-].[Na+].[Na+]. The van der Waals surface area contributed by atoms with E-state index in [-0.39, 0.29) is 107 Å². The van der Waals surface area contributed by atoms with Crippen LogP contribution in [0.3, 0.4) is 0 Å². The van der Waals surface area contributed by atoms with E-state index in [0.717, 1.165) is 50.5 Å². The number of aliphatic hydroxyl groups is 1. The van der Waals surface area contributed by atoms with E-state index in [1.165, 1.54) is 0 Å². The number of fused-ring (bicyclic) bond motifs is 5. The molecule has 0 unspecified atom stereocenters. The Labute approximate surface area is 344 Å². The molecule has 50 heavy (non-hydrogen) atoms. The average molecular weight is 761 g/mol. The fourth-order valence-corrected chi connectivity index (χ4v) is 11.7. The second-order valence-corrected chi connectivity index (χ2v) is 17.9. The van der Waals surface area contributed by atoms with E-state index in [9.17, 15) is 31.0 Å². The summed E-state index contributed by atoms with van der Waals surface area (Å²) in [7, 11) is -9.63. The van der Waals surface area contributed by atoms with Crippen LogP contribution >= 0.6 is 0 Å². The fourth-order valence-electron chi connectivity index (χ4n) is 10.8. The molecule has 1 N–H and O–H groups in total. The molecule has 0 saturated heterocycles. The van der Waals surface area contributed by atoms with Gasteiger partial charge in [-0.2, -0.15) is 0 Å². The van der Waals surface area contributed by atoms with Crippen LogP contribution in [0.4, 0.5) is 0 Å². The largest absolute Gasteiger partial charge is 1.00 e. The molecule has 15 heteroatoms. The number of aliphatic hydroxyl groups excluding tert-OH is 1. The van der Waals surface area contributed by atoms with Gasteiger partial charge in [0.05, 0.1) is 25.4 Å². The average Bonchev–Trinajstić information content (AvgIpc) is 3.36. The van der Waals surface area contributed by atoms with E-state index in [2.05, 4.69) is 25.0 Å². The molecule has 274 valence electrons. The van der Waals surface area contributed by atoms with Crippen molar-refractivity contribution in [3.8, 4) is 0 Å². The van der Waals surface area contributed by atoms with Crippen molar-refractivity contribution in [1.82, 2.24) is 0 Å². The van der Waals surface area contributed by atoms with Crippen LogP contribution in [0.1, 0.15) is 97.5 Å². The molecule has 4 aliphatic carbocycles. The Hall–Kier alpha value is 0.840. The summed E-state index contributed by atoms with van der Waals surface area (Å²) in [6, 6.07) is 9.66. The van der Waals surface area contributed by atoms with Gasteiger partial charge in [-0.1, -0.05) is 70.9 Å². The zero-order valence-corrected chi connectivity index (χ0v) is 36.3. The maximum Gasteiger partial charge on any atom is 1.00 e. The molecule has 4 aliphatic rings. The summed E-state index contributed by atoms with van der Waals surface area (Å²) in [5, 5.41) is 11.9. The third kappa shape index (κ3) is 10.8. The Balaban J connectivity index is 0.00000338. The van der Waals surface area contributed by atoms with Crippen molar-refractivity contribution in [3.63, 3.8) is 0 Å². The normalized spacial score (nSPS) is 36.5. The van der Waals surface area contributed by atoms with Crippen molar-refractivity contribution >= 4 is 20.8 Å². The van der Waals surface area contributed by atoms with Crippen LogP contribution in [0.5, 0.6) is 0 Å². The van der Waals surface area contributed by atoms with Gasteiger partial charge in [0.1, 0.15) is 12.9 Å². The zero-order valence-electron chi connectivity index (χ0n) is 30.7. The van der Waals surface area contributed by atoms with Crippen molar-refractivity contribution in [3.05, 3.63) is 35.9 Å². The molecule has 0 aliphatic heterocycles. The monoisotopic (exact) mass is 760 g/mol. The molecular weight excluding hydrogens is 706 g/mol. The zero-order chi connectivity index (χ0) is 34.9. The van der Waals surface area contributed by atoms with Crippen molar-refractivity contribution < 1.29 is 108 Å². The van der Waals surface area contributed by atoms with Gasteiger partial charge in [-0.3, -0.25) is 8.37 Å². The minimum atomic E-state index is -4.96. The third-order valence-electron chi connectivity index (χ3n) is 13.0. The number of ether oxygens (including phenoxy) is 2. The molecule has 0 aromatic heterocycles. The Morgan fingerprint density at radius 2 is 1.54 bits per heavy atom. The molecule has 4 fully saturated rings. The second-order valence-electron chi connectivity index (χ2n) is 15.8. The van der Waals surface area contributed by atoms with Crippen LogP contribution in [-0.4, -0.2) is 62.8 Å². The topological polar surface area (TPSA) is 172 Å². The summed E-state index contributed by atoms with van der Waals surface area (Å²) in [4.78, 5) is 0. The number of benzene rings is 1. The first-order chi connectivity index (χ1) is 22.5. The van der Waals surface area contributed by atoms with Crippen molar-refractivity contribution in [2.75, 3.05) is 13.4 Å². The van der Waals surface area contributed by atoms with Crippen LogP contribution in [0, 0.1) is 52.3 Å². The van der Waals surface area contributed by atoms with E-state index >= 15 is 0 Å². The predicted octanol–water partition coefficient (Wildman–Crippen LogP) is -0.442. The molecule has 1 aromatic rings. The van der Waals surface area contributed by atoms with Gasteiger partial charge < -0.3 is 23.7 Å². The summed E-state index contributed by atoms with van der Waals surface area (Å²) in [6.45, 7) is 9.05. The van der Waals surface area contributed by atoms with Crippen LogP contribution < -0.4 is 59.1 Å². The quantitative estimate of drug-likeness (QED) is 0.0809. The fraction of sp³-hybridized carbons (Fsp3) is 0.829. The summed E-state index contributed by atoms with van der Waals surface area (Å²) in [5.41, 5.74) is 0.850. The second kappa shape index (κ2) is 18.7. The van der Waals surface area contributed by atoms with Crippen molar-refractivity contribution in [1.29, 1.82) is 0 Å². The molecule has 12 atom stereocenters. The van der Waals surface area contributed by atoms with Gasteiger partial charge in [0, 0.05) is 0 Å². The Bertz CT molecular complexity index is 1430. The van der Waals surface area contributed by atoms with Gasteiger partial charge in [0.2, 0.25) is 20.8 Å². The maximum atomic E-state index is 11.9. The number of hydrogen-bond acceptors (Lipinski definition) is 11. The summed E-state index contributed by atoms with van der Waals surface area (Å²) < 4.78 is 89.3. The van der Waals surface area contributed by atoms with Crippen LogP contribution in [0.2, 0.25) is 0 Å². The van der Waals surface area contributed by atoms with Gasteiger partial charge in [-0.25, -0.2) is 16.8 Å². The van der Waals surface area contributed by atoms with E-state index in [4.69, 9.17) is 13.7 Å². The molecule has 0 amide bonds. The van der Waals surface area contributed by atoms with E-state index in [0.29, 0.717) is 43.6 Å². The molecule has 0 heterocycles. The minimum Gasteiger partial charge on any atom is -0.726 e. The third-order valence-corrected chi connectivity index (χ3v) is 13.9. The van der Waals surface area contributed by atoms with Crippen molar-refractivity contribution in [2.45, 2.75) is 117 Å². The summed E-state index contributed by atoms with van der Waals surface area (Å²) in [5.74, 6) is 1.49. The molecule has 1 aromatic carbocycles. The number of hydrogen-bond donors (Lipinski definition) is 1. The molecule has 0 spiro atoms. The van der Waals surface area contributed by atoms with E-state index in [1.54, 1.807) is 0 Å². The first kappa shape index (κ1) is 45.2. The Morgan fingerprint density at radius 3 is 2.20 bits per heavy atom. The standard InChI is InChI=1S/C35H56O11S2.2Na/c1-23(20-45-47(37,38)39)9-8-10-24(2)26-13-14-27-32-28(15-17-34(26,27)3)35(4)18-16-31(46-48(40,41)42)33(29(35)19-30(32)36)44-22-43-21-25-11-6-5-7-12-25;;/h5-7,11-12,23-24,26-33,36H,8-10,13-22H2,1-4H3,(H,37,38,39)(H,40,41,42);;/q;2*+1/p-2/t23-,24+,26+,27-,28-,29-,30+,31+,32-,33+,34+,35+;;/m0../s1. The summed E-state index contributed by atoms with van der Waals surface area (Å²) in [6.07, 6.45) is 6.20. The molecule has 5 rings (SSSR count). The van der Waals surface area contributed by atoms with Gasteiger partial charge >= 0.3 is 59.1 Å². The van der Waals surface area contributed by atoms with E-state index < -0.39 is 39.1 Å². The number of rotatable bonds is 15. The summed E-state index contributed by atoms with van der Waals surface area (Å²) >= 11 is 0. The minimum absolute atomic E-state index is 0. The van der Waals surface area contributed by atoms with Crippen LogP contribution in [0.25, 0.3) is 0 Å². The first-order valence-electron chi connectivity index (χ1n) is 17.7. The molecule has 0 bridgehead atoms. The van der Waals surface area contributed by atoms with Crippen molar-refractivity contribution in [2.24, 2.45) is 52.3 Å². The van der Waals surface area contributed by atoms with Crippen LogP contribution in [0.15, 0.2) is 30.3 Å². The smallest absolute Gasteiger partial charge is 0.726 e.